The molecular formula is C16H19N5O3. The number of nitrogens with zero attached hydrogens (tertiary/aromatic N) is 3. The summed E-state index contributed by atoms with van der Waals surface area (Å²) in [6.45, 7) is 1.46. The smallest absolute Gasteiger partial charge is 0.274 e. The fourth-order valence-corrected chi connectivity index (χ4v) is 2.51. The average molecular weight is 329 g/mol. The van der Waals surface area contributed by atoms with Crippen molar-refractivity contribution in [2.24, 2.45) is 0 Å². The average Bonchev–Trinajstić information content (AvgIpc) is 2.76. The Morgan fingerprint density at radius 1 is 1.21 bits per heavy atom. The molecule has 3 heterocycles. The van der Waals surface area contributed by atoms with Gasteiger partial charge in [0.15, 0.2) is 0 Å². The van der Waals surface area contributed by atoms with Crippen molar-refractivity contribution in [1.29, 1.82) is 0 Å². The molecule has 2 aromatic heterocycles. The van der Waals surface area contributed by atoms with Gasteiger partial charge in [-0.2, -0.15) is 0 Å². The van der Waals surface area contributed by atoms with Gasteiger partial charge >= 0.3 is 0 Å². The second-order valence-corrected chi connectivity index (χ2v) is 5.50. The van der Waals surface area contributed by atoms with Crippen LogP contribution < -0.4 is 15.5 Å². The third-order valence-electron chi connectivity index (χ3n) is 3.76. The van der Waals surface area contributed by atoms with Crippen molar-refractivity contribution in [2.45, 2.75) is 12.3 Å². The van der Waals surface area contributed by atoms with Gasteiger partial charge in [0, 0.05) is 44.1 Å². The number of aliphatic hydroxyl groups is 2. The maximum absolute atomic E-state index is 12.3. The van der Waals surface area contributed by atoms with Crippen LogP contribution in [0.5, 0.6) is 0 Å². The summed E-state index contributed by atoms with van der Waals surface area (Å²) < 4.78 is 0. The summed E-state index contributed by atoms with van der Waals surface area (Å²) in [5.74, 6) is -2.04. The number of hydrogen-bond acceptors (Lipinski definition) is 7. The number of pyridine rings is 2. The lowest BCUT2D eigenvalue weighted by Gasteiger charge is -2.34. The normalized spacial score (nSPS) is 17.2. The Hall–Kier alpha value is -2.55. The van der Waals surface area contributed by atoms with E-state index in [1.54, 1.807) is 42.7 Å². The first kappa shape index (κ1) is 16.3. The highest BCUT2D eigenvalue weighted by Gasteiger charge is 2.34. The van der Waals surface area contributed by atoms with Gasteiger partial charge in [-0.3, -0.25) is 9.78 Å². The molecule has 1 fully saturated rings. The Balaban J connectivity index is 1.82. The van der Waals surface area contributed by atoms with Crippen LogP contribution in [-0.2, 0) is 0 Å². The standard InChI is InChI=1S/C16H19N5O3/c22-15(19-12-4-7-17-8-5-12)13-2-1-3-14(20-13)21-11-10-18-9-6-16(21,23)24/h1-5,7-8,18,23-24H,6,9-11H2,(H,17,19,22). The molecule has 0 bridgehead atoms. The Morgan fingerprint density at radius 3 is 2.79 bits per heavy atom. The first-order chi connectivity index (χ1) is 11.6. The third kappa shape index (κ3) is 3.67. The zero-order chi connectivity index (χ0) is 17.0. The molecule has 8 heteroatoms. The largest absolute Gasteiger partial charge is 0.349 e. The van der Waals surface area contributed by atoms with Crippen LogP contribution in [0, 0.1) is 0 Å². The van der Waals surface area contributed by atoms with Crippen molar-refractivity contribution in [3.63, 3.8) is 0 Å². The van der Waals surface area contributed by atoms with Gasteiger partial charge in [-0.05, 0) is 24.3 Å². The lowest BCUT2D eigenvalue weighted by Crippen LogP contribution is -2.49. The predicted octanol–water partition coefficient (Wildman–Crippen LogP) is 0.167. The quantitative estimate of drug-likeness (QED) is 0.594. The molecule has 0 unspecified atom stereocenters. The summed E-state index contributed by atoms with van der Waals surface area (Å²) in [5.41, 5.74) is 0.803. The van der Waals surface area contributed by atoms with E-state index >= 15 is 0 Å². The van der Waals surface area contributed by atoms with Gasteiger partial charge in [-0.15, -0.1) is 0 Å². The monoisotopic (exact) mass is 329 g/mol. The molecule has 1 saturated heterocycles. The van der Waals surface area contributed by atoms with Crippen LogP contribution in [0.4, 0.5) is 11.5 Å². The van der Waals surface area contributed by atoms with Crippen molar-refractivity contribution in [1.82, 2.24) is 15.3 Å². The van der Waals surface area contributed by atoms with Gasteiger partial charge < -0.3 is 25.7 Å². The van der Waals surface area contributed by atoms with Crippen molar-refractivity contribution >= 4 is 17.4 Å². The minimum Gasteiger partial charge on any atom is -0.349 e. The molecule has 24 heavy (non-hydrogen) atoms. The lowest BCUT2D eigenvalue weighted by molar-refractivity contribution is -0.161. The second kappa shape index (κ2) is 6.91. The fraction of sp³-hybridized carbons (Fsp3) is 0.312. The minimum absolute atomic E-state index is 0.141. The van der Waals surface area contributed by atoms with Crippen LogP contribution in [0.25, 0.3) is 0 Å². The number of carbonyl (C=O) groups is 1. The van der Waals surface area contributed by atoms with E-state index in [9.17, 15) is 15.0 Å². The maximum Gasteiger partial charge on any atom is 0.274 e. The molecule has 1 aliphatic rings. The van der Waals surface area contributed by atoms with Crippen molar-refractivity contribution < 1.29 is 15.0 Å². The number of amides is 1. The Labute approximate surface area is 139 Å². The van der Waals surface area contributed by atoms with Gasteiger partial charge in [0.25, 0.3) is 5.91 Å². The predicted molar refractivity (Wildman–Crippen MR) is 88.4 cm³/mol. The maximum atomic E-state index is 12.3. The van der Waals surface area contributed by atoms with E-state index in [4.69, 9.17) is 0 Å². The summed E-state index contributed by atoms with van der Waals surface area (Å²) in [7, 11) is 0. The molecule has 0 spiro atoms. The Kier molecular flexibility index (Phi) is 4.70. The number of hydrogen-bond donors (Lipinski definition) is 4. The number of nitrogens with one attached hydrogen (secondary N) is 2. The molecule has 0 aromatic carbocycles. The van der Waals surface area contributed by atoms with Gasteiger partial charge in [0.2, 0.25) is 5.91 Å². The highest BCUT2D eigenvalue weighted by atomic mass is 16.5. The third-order valence-corrected chi connectivity index (χ3v) is 3.76. The Bertz CT molecular complexity index is 708. The van der Waals surface area contributed by atoms with Gasteiger partial charge in [0.05, 0.1) is 0 Å². The highest BCUT2D eigenvalue weighted by Crippen LogP contribution is 2.22. The van der Waals surface area contributed by atoms with Crippen LogP contribution in [0.15, 0.2) is 42.7 Å². The van der Waals surface area contributed by atoms with E-state index in [0.717, 1.165) is 0 Å². The molecule has 0 atom stereocenters. The van der Waals surface area contributed by atoms with E-state index < -0.39 is 5.91 Å². The first-order valence-corrected chi connectivity index (χ1v) is 7.68. The number of carbonyl (C=O) groups excluding carboxylic acids is 1. The number of anilines is 2. The lowest BCUT2D eigenvalue weighted by atomic mass is 10.2. The summed E-state index contributed by atoms with van der Waals surface area (Å²) in [6, 6.07) is 8.24. The van der Waals surface area contributed by atoms with Crippen molar-refractivity contribution in [2.75, 3.05) is 29.9 Å². The summed E-state index contributed by atoms with van der Waals surface area (Å²) >= 11 is 0. The summed E-state index contributed by atoms with van der Waals surface area (Å²) in [4.78, 5) is 21.9. The van der Waals surface area contributed by atoms with Crippen LogP contribution in [0.1, 0.15) is 16.9 Å². The molecular weight excluding hydrogens is 310 g/mol. The van der Waals surface area contributed by atoms with E-state index in [-0.39, 0.29) is 18.0 Å². The molecule has 1 amide bonds. The van der Waals surface area contributed by atoms with Crippen LogP contribution in [-0.4, -0.2) is 51.6 Å². The molecule has 8 nitrogen and oxygen atoms in total. The molecule has 3 rings (SSSR count). The molecule has 0 saturated carbocycles. The number of aromatic nitrogens is 2. The highest BCUT2D eigenvalue weighted by molar-refractivity contribution is 6.03. The van der Waals surface area contributed by atoms with Gasteiger partial charge in [0.1, 0.15) is 11.5 Å². The zero-order valence-electron chi connectivity index (χ0n) is 13.0. The van der Waals surface area contributed by atoms with E-state index in [2.05, 4.69) is 20.6 Å². The summed E-state index contributed by atoms with van der Waals surface area (Å²) in [5, 5.41) is 26.3. The van der Waals surface area contributed by atoms with Crippen LogP contribution >= 0.6 is 0 Å². The summed E-state index contributed by atoms with van der Waals surface area (Å²) in [6.07, 6.45) is 3.30. The van der Waals surface area contributed by atoms with Crippen molar-refractivity contribution in [3.05, 3.63) is 48.4 Å². The first-order valence-electron chi connectivity index (χ1n) is 7.68. The van der Waals surface area contributed by atoms with E-state index in [1.165, 1.54) is 4.90 Å². The molecule has 1 aliphatic heterocycles. The Morgan fingerprint density at radius 2 is 2.00 bits per heavy atom. The molecule has 4 N–H and O–H groups in total. The number of rotatable bonds is 3. The van der Waals surface area contributed by atoms with E-state index in [1.807, 2.05) is 0 Å². The van der Waals surface area contributed by atoms with Crippen molar-refractivity contribution in [3.8, 4) is 0 Å². The molecule has 126 valence electrons. The zero-order valence-corrected chi connectivity index (χ0v) is 13.0. The molecule has 0 aliphatic carbocycles. The van der Waals surface area contributed by atoms with Crippen LogP contribution in [0.3, 0.4) is 0 Å². The van der Waals surface area contributed by atoms with Gasteiger partial charge in [-0.1, -0.05) is 6.07 Å². The minimum atomic E-state index is -2.00. The molecule has 0 radical (unpaired) electrons. The second-order valence-electron chi connectivity index (χ2n) is 5.50. The van der Waals surface area contributed by atoms with Crippen LogP contribution in [0.2, 0.25) is 0 Å². The molecule has 2 aromatic rings. The van der Waals surface area contributed by atoms with E-state index in [0.29, 0.717) is 31.1 Å². The SMILES string of the molecule is O=C(Nc1ccncc1)c1cccc(N2CCNCCC2(O)O)n1. The fourth-order valence-electron chi connectivity index (χ4n) is 2.51. The topological polar surface area (TPSA) is 111 Å². The van der Waals surface area contributed by atoms with Gasteiger partial charge in [-0.25, -0.2) is 4.98 Å².